The Balaban J connectivity index is 1.68. The Morgan fingerprint density at radius 2 is 1.52 bits per heavy atom. The number of hydrogen-bond acceptors (Lipinski definition) is 5. The molecule has 0 aliphatic rings. The van der Waals surface area contributed by atoms with Crippen LogP contribution < -0.4 is 5.32 Å². The van der Waals surface area contributed by atoms with Gasteiger partial charge < -0.3 is 10.1 Å². The number of ketones is 2. The van der Waals surface area contributed by atoms with E-state index in [4.69, 9.17) is 16.3 Å². The van der Waals surface area contributed by atoms with Crippen LogP contribution in [0.4, 0.5) is 5.69 Å². The lowest BCUT2D eigenvalue weighted by Crippen LogP contribution is -2.22. The number of carbonyl (C=O) groups excluding carboxylic acids is 4. The van der Waals surface area contributed by atoms with Crippen LogP contribution in [-0.2, 0) is 9.53 Å². The number of ether oxygens (including phenoxy) is 1. The van der Waals surface area contributed by atoms with Crippen LogP contribution in [0.15, 0.2) is 72.8 Å². The Labute approximate surface area is 183 Å². The number of nitrogens with one attached hydrogen (secondary N) is 1. The number of Topliss-reactive ketones (excluding diaryl/α,β-unsaturated/α-hetero) is 1. The second kappa shape index (κ2) is 9.82. The molecular formula is C24H18ClNO5. The maximum atomic E-state index is 12.8. The third kappa shape index (κ3) is 5.65. The van der Waals surface area contributed by atoms with Crippen LogP contribution in [0.1, 0.15) is 43.6 Å². The van der Waals surface area contributed by atoms with Crippen molar-refractivity contribution in [2.75, 3.05) is 11.9 Å². The van der Waals surface area contributed by atoms with Crippen molar-refractivity contribution in [3.63, 3.8) is 0 Å². The summed E-state index contributed by atoms with van der Waals surface area (Å²) in [5.41, 5.74) is 1.43. The van der Waals surface area contributed by atoms with Crippen molar-refractivity contribution >= 4 is 40.7 Å². The molecule has 0 radical (unpaired) electrons. The van der Waals surface area contributed by atoms with Gasteiger partial charge in [0.1, 0.15) is 0 Å². The fourth-order valence-electron chi connectivity index (χ4n) is 2.84. The molecule has 0 atom stereocenters. The van der Waals surface area contributed by atoms with Crippen molar-refractivity contribution in [3.8, 4) is 0 Å². The van der Waals surface area contributed by atoms with Gasteiger partial charge >= 0.3 is 5.97 Å². The lowest BCUT2D eigenvalue weighted by atomic mass is 9.98. The molecule has 1 amide bonds. The number of benzene rings is 3. The highest BCUT2D eigenvalue weighted by molar-refractivity contribution is 6.30. The number of hydrogen-bond donors (Lipinski definition) is 1. The van der Waals surface area contributed by atoms with Crippen LogP contribution in [0, 0.1) is 0 Å². The minimum Gasteiger partial charge on any atom is -0.452 e. The highest BCUT2D eigenvalue weighted by atomic mass is 35.5. The molecule has 0 saturated carbocycles. The van der Waals surface area contributed by atoms with E-state index in [-0.39, 0.29) is 22.7 Å². The third-order valence-corrected chi connectivity index (χ3v) is 4.64. The molecule has 7 heteroatoms. The fourth-order valence-corrected chi connectivity index (χ4v) is 2.96. The van der Waals surface area contributed by atoms with Gasteiger partial charge in [0.2, 0.25) is 0 Å². The number of halogens is 1. The Hall–Kier alpha value is -3.77. The number of anilines is 1. The van der Waals surface area contributed by atoms with E-state index >= 15 is 0 Å². The minimum atomic E-state index is -0.800. The van der Waals surface area contributed by atoms with Crippen molar-refractivity contribution in [1.82, 2.24) is 0 Å². The first-order chi connectivity index (χ1) is 14.8. The van der Waals surface area contributed by atoms with Crippen LogP contribution >= 0.6 is 11.6 Å². The second-order valence-electron chi connectivity index (χ2n) is 6.64. The first-order valence-corrected chi connectivity index (χ1v) is 9.70. The Morgan fingerprint density at radius 3 is 2.19 bits per heavy atom. The standard InChI is InChI=1S/C24H18ClNO5/c1-15(27)17-5-4-6-19(13-17)26-22(28)14-31-24(30)21-8-3-2-7-20(21)23(29)16-9-11-18(25)12-10-16/h2-13H,14H2,1H3,(H,26,28). The smallest absolute Gasteiger partial charge is 0.339 e. The SMILES string of the molecule is CC(=O)c1cccc(NC(=O)COC(=O)c2ccccc2C(=O)c2ccc(Cl)cc2)c1. The Kier molecular flexibility index (Phi) is 6.95. The van der Waals surface area contributed by atoms with Crippen molar-refractivity contribution in [2.24, 2.45) is 0 Å². The maximum absolute atomic E-state index is 12.8. The van der Waals surface area contributed by atoms with E-state index in [9.17, 15) is 19.2 Å². The molecule has 0 aliphatic heterocycles. The summed E-state index contributed by atoms with van der Waals surface area (Å²) in [5, 5.41) is 3.05. The molecule has 6 nitrogen and oxygen atoms in total. The van der Waals surface area contributed by atoms with E-state index in [0.29, 0.717) is 21.8 Å². The van der Waals surface area contributed by atoms with Crippen LogP contribution in [0.25, 0.3) is 0 Å². The molecule has 3 aromatic rings. The molecular weight excluding hydrogens is 418 g/mol. The Bertz CT molecular complexity index is 1150. The van der Waals surface area contributed by atoms with Gasteiger partial charge in [-0.15, -0.1) is 0 Å². The normalized spacial score (nSPS) is 10.3. The third-order valence-electron chi connectivity index (χ3n) is 4.39. The molecule has 0 aliphatic carbocycles. The van der Waals surface area contributed by atoms with Gasteiger partial charge in [0.15, 0.2) is 18.2 Å². The maximum Gasteiger partial charge on any atom is 0.339 e. The monoisotopic (exact) mass is 435 g/mol. The number of amides is 1. The lowest BCUT2D eigenvalue weighted by Gasteiger charge is -2.10. The summed E-state index contributed by atoms with van der Waals surface area (Å²) in [6.45, 7) is 0.873. The average molecular weight is 436 g/mol. The van der Waals surface area contributed by atoms with Gasteiger partial charge in [0.05, 0.1) is 5.56 Å². The quantitative estimate of drug-likeness (QED) is 0.433. The molecule has 0 saturated heterocycles. The molecule has 0 unspecified atom stereocenters. The molecule has 31 heavy (non-hydrogen) atoms. The molecule has 0 aromatic heterocycles. The minimum absolute atomic E-state index is 0.0498. The summed E-state index contributed by atoms with van der Waals surface area (Å²) >= 11 is 5.86. The van der Waals surface area contributed by atoms with Gasteiger partial charge in [-0.25, -0.2) is 4.79 Å². The van der Waals surface area contributed by atoms with Gasteiger partial charge in [-0.2, -0.15) is 0 Å². The molecule has 156 valence electrons. The highest BCUT2D eigenvalue weighted by Gasteiger charge is 2.20. The summed E-state index contributed by atoms with van der Waals surface area (Å²) in [4.78, 5) is 48.9. The van der Waals surface area contributed by atoms with Crippen LogP contribution in [0.5, 0.6) is 0 Å². The average Bonchev–Trinajstić information content (AvgIpc) is 2.77. The molecule has 0 heterocycles. The van der Waals surface area contributed by atoms with Gasteiger partial charge in [-0.05, 0) is 49.4 Å². The van der Waals surface area contributed by atoms with E-state index in [1.54, 1.807) is 54.6 Å². The van der Waals surface area contributed by atoms with Crippen LogP contribution in [-0.4, -0.2) is 30.0 Å². The molecule has 1 N–H and O–H groups in total. The van der Waals surface area contributed by atoms with Gasteiger partial charge in [-0.3, -0.25) is 14.4 Å². The van der Waals surface area contributed by atoms with Crippen molar-refractivity contribution in [3.05, 3.63) is 100 Å². The zero-order chi connectivity index (χ0) is 22.4. The second-order valence-corrected chi connectivity index (χ2v) is 7.08. The van der Waals surface area contributed by atoms with Crippen LogP contribution in [0.3, 0.4) is 0 Å². The molecule has 3 rings (SSSR count). The predicted molar refractivity (Wildman–Crippen MR) is 117 cm³/mol. The van der Waals surface area contributed by atoms with Crippen molar-refractivity contribution < 1.29 is 23.9 Å². The summed E-state index contributed by atoms with van der Waals surface area (Å²) in [7, 11) is 0. The first kappa shape index (κ1) is 21.9. The van der Waals surface area contributed by atoms with Gasteiger partial charge in [0.25, 0.3) is 5.91 Å². The number of esters is 1. The van der Waals surface area contributed by atoms with E-state index < -0.39 is 18.5 Å². The predicted octanol–water partition coefficient (Wildman–Crippen LogP) is 4.57. The lowest BCUT2D eigenvalue weighted by molar-refractivity contribution is -0.119. The number of rotatable bonds is 7. The molecule has 0 spiro atoms. The number of carbonyl (C=O) groups is 4. The zero-order valence-corrected chi connectivity index (χ0v) is 17.3. The van der Waals surface area contributed by atoms with E-state index in [0.717, 1.165) is 0 Å². The molecule has 0 bridgehead atoms. The summed E-state index contributed by atoms with van der Waals surface area (Å²) < 4.78 is 5.09. The molecule has 0 fully saturated rings. The summed E-state index contributed by atoms with van der Waals surface area (Å²) in [6.07, 6.45) is 0. The van der Waals surface area contributed by atoms with Crippen molar-refractivity contribution in [2.45, 2.75) is 6.92 Å². The molecule has 3 aromatic carbocycles. The van der Waals surface area contributed by atoms with Gasteiger partial charge in [-0.1, -0.05) is 41.9 Å². The van der Waals surface area contributed by atoms with E-state index in [1.165, 1.54) is 25.1 Å². The van der Waals surface area contributed by atoms with E-state index in [1.807, 2.05) is 0 Å². The summed E-state index contributed by atoms with van der Waals surface area (Å²) in [5.74, 6) is -1.87. The first-order valence-electron chi connectivity index (χ1n) is 9.32. The van der Waals surface area contributed by atoms with Gasteiger partial charge in [0, 0.05) is 27.4 Å². The zero-order valence-electron chi connectivity index (χ0n) is 16.6. The fraction of sp³-hybridized carbons (Fsp3) is 0.0833. The van der Waals surface area contributed by atoms with E-state index in [2.05, 4.69) is 5.32 Å². The topological polar surface area (TPSA) is 89.5 Å². The largest absolute Gasteiger partial charge is 0.452 e. The highest BCUT2D eigenvalue weighted by Crippen LogP contribution is 2.18. The van der Waals surface area contributed by atoms with Crippen LogP contribution in [0.2, 0.25) is 5.02 Å². The summed E-state index contributed by atoms with van der Waals surface area (Å²) in [6, 6.07) is 18.9. The van der Waals surface area contributed by atoms with Crippen molar-refractivity contribution in [1.29, 1.82) is 0 Å². The Morgan fingerprint density at radius 1 is 0.839 bits per heavy atom.